The number of aromatic hydroxyl groups is 1. The summed E-state index contributed by atoms with van der Waals surface area (Å²) in [5.74, 6) is 0.421. The number of hydrogen-bond acceptors (Lipinski definition) is 7. The lowest BCUT2D eigenvalue weighted by Gasteiger charge is -2.33. The van der Waals surface area contributed by atoms with Gasteiger partial charge in [-0.1, -0.05) is 12.1 Å². The molecule has 2 N–H and O–H groups in total. The predicted molar refractivity (Wildman–Crippen MR) is 131 cm³/mol. The molecule has 0 amide bonds. The van der Waals surface area contributed by atoms with E-state index in [9.17, 15) is 14.8 Å². The van der Waals surface area contributed by atoms with Crippen LogP contribution in [-0.4, -0.2) is 52.8 Å². The molecular weight excluding hydrogens is 447 g/mol. The van der Waals surface area contributed by atoms with Gasteiger partial charge >= 0.3 is 0 Å². The van der Waals surface area contributed by atoms with E-state index in [2.05, 4.69) is 15.2 Å². The lowest BCUT2D eigenvalue weighted by molar-refractivity contribution is 0.373. The number of phenolic OH excluding ortho intramolecular Hbond substituents is 1. The number of rotatable bonds is 5. The first-order chi connectivity index (χ1) is 17.0. The van der Waals surface area contributed by atoms with E-state index in [0.29, 0.717) is 45.8 Å². The smallest absolute Gasteiger partial charge is 0.211 e. The van der Waals surface area contributed by atoms with Gasteiger partial charge in [0.2, 0.25) is 5.95 Å². The fraction of sp³-hybridized carbons (Fsp3) is 0.269. The first-order valence-corrected chi connectivity index (χ1v) is 11.4. The van der Waals surface area contributed by atoms with Crippen molar-refractivity contribution in [2.75, 3.05) is 32.1 Å². The number of nitrogens with zero attached hydrogens (tertiary/aromatic N) is 5. The molecule has 9 heteroatoms. The third kappa shape index (κ3) is 4.02. The number of imidazole rings is 1. The summed E-state index contributed by atoms with van der Waals surface area (Å²) in [7, 11) is 3.46. The highest BCUT2D eigenvalue weighted by Crippen LogP contribution is 2.40. The van der Waals surface area contributed by atoms with Crippen LogP contribution in [0.4, 0.5) is 10.3 Å². The summed E-state index contributed by atoms with van der Waals surface area (Å²) in [6, 6.07) is 11.9. The van der Waals surface area contributed by atoms with Crippen molar-refractivity contribution in [3.8, 4) is 40.0 Å². The second-order valence-corrected chi connectivity index (χ2v) is 8.50. The molecule has 1 aliphatic heterocycles. The third-order valence-corrected chi connectivity index (χ3v) is 6.54. The maximum absolute atomic E-state index is 14.7. The normalized spacial score (nSPS) is 14.3. The molecule has 0 unspecified atom stereocenters. The Kier molecular flexibility index (Phi) is 5.97. The Morgan fingerprint density at radius 1 is 1.17 bits per heavy atom. The van der Waals surface area contributed by atoms with E-state index >= 15 is 0 Å². The summed E-state index contributed by atoms with van der Waals surface area (Å²) in [6.45, 7) is 1.63. The summed E-state index contributed by atoms with van der Waals surface area (Å²) in [6.07, 6.45) is 5.52. The number of ether oxygens (including phenoxy) is 1. The van der Waals surface area contributed by atoms with Gasteiger partial charge in [0.05, 0.1) is 23.9 Å². The molecule has 3 heterocycles. The topological polar surface area (TPSA) is 98.7 Å². The number of benzene rings is 2. The fourth-order valence-corrected chi connectivity index (χ4v) is 4.63. The number of fused-ring (bicyclic) bond motifs is 1. The Bertz CT molecular complexity index is 1440. The number of methoxy groups -OCH3 is 1. The number of phenols is 1. The van der Waals surface area contributed by atoms with E-state index in [1.54, 1.807) is 24.4 Å². The Labute approximate surface area is 202 Å². The maximum atomic E-state index is 14.7. The molecule has 2 aromatic carbocycles. The molecule has 0 atom stereocenters. The molecule has 2 aromatic heterocycles. The van der Waals surface area contributed by atoms with Crippen LogP contribution in [0.25, 0.3) is 28.0 Å². The zero-order valence-corrected chi connectivity index (χ0v) is 19.5. The molecule has 5 rings (SSSR count). The molecule has 0 spiro atoms. The van der Waals surface area contributed by atoms with Crippen molar-refractivity contribution in [1.29, 1.82) is 5.26 Å². The van der Waals surface area contributed by atoms with Crippen LogP contribution in [-0.2, 0) is 0 Å². The second kappa shape index (κ2) is 9.24. The average molecular weight is 473 g/mol. The Morgan fingerprint density at radius 2 is 1.94 bits per heavy atom. The Morgan fingerprint density at radius 3 is 2.60 bits per heavy atom. The largest absolute Gasteiger partial charge is 0.504 e. The van der Waals surface area contributed by atoms with Crippen molar-refractivity contribution in [3.63, 3.8) is 0 Å². The van der Waals surface area contributed by atoms with E-state index in [4.69, 9.17) is 9.72 Å². The number of piperidine rings is 1. The van der Waals surface area contributed by atoms with Gasteiger partial charge < -0.3 is 20.1 Å². The Hall–Kier alpha value is -4.16. The van der Waals surface area contributed by atoms with E-state index in [1.165, 1.54) is 19.2 Å². The highest BCUT2D eigenvalue weighted by Gasteiger charge is 2.25. The van der Waals surface area contributed by atoms with E-state index < -0.39 is 5.82 Å². The van der Waals surface area contributed by atoms with Gasteiger partial charge in [-0.15, -0.1) is 0 Å². The number of hydrogen-bond donors (Lipinski definition) is 2. The molecular formula is C26H25FN6O2. The number of halogens is 1. The molecule has 1 fully saturated rings. The van der Waals surface area contributed by atoms with Crippen LogP contribution in [0.3, 0.4) is 0 Å². The van der Waals surface area contributed by atoms with Crippen LogP contribution >= 0.6 is 0 Å². The molecule has 0 radical (unpaired) electrons. The summed E-state index contributed by atoms with van der Waals surface area (Å²) >= 11 is 0. The zero-order chi connectivity index (χ0) is 24.5. The van der Waals surface area contributed by atoms with E-state index in [0.717, 1.165) is 25.9 Å². The van der Waals surface area contributed by atoms with Gasteiger partial charge in [-0.3, -0.25) is 4.40 Å². The van der Waals surface area contributed by atoms with Gasteiger partial charge in [0.1, 0.15) is 17.5 Å². The molecule has 178 valence electrons. The number of nitrogens with one attached hydrogen (secondary N) is 1. The molecule has 0 aliphatic carbocycles. The van der Waals surface area contributed by atoms with Crippen molar-refractivity contribution in [3.05, 3.63) is 60.2 Å². The lowest BCUT2D eigenvalue weighted by Crippen LogP contribution is -2.42. The van der Waals surface area contributed by atoms with Crippen LogP contribution in [0.2, 0.25) is 0 Å². The van der Waals surface area contributed by atoms with Gasteiger partial charge in [0.25, 0.3) is 0 Å². The van der Waals surface area contributed by atoms with Crippen LogP contribution in [0.5, 0.6) is 11.5 Å². The first kappa shape index (κ1) is 22.6. The van der Waals surface area contributed by atoms with Crippen LogP contribution < -0.4 is 15.0 Å². The van der Waals surface area contributed by atoms with Gasteiger partial charge in [-0.25, -0.2) is 14.4 Å². The predicted octanol–water partition coefficient (Wildman–Crippen LogP) is 3.98. The van der Waals surface area contributed by atoms with Crippen molar-refractivity contribution in [1.82, 2.24) is 19.7 Å². The SMILES string of the molecule is CNC1CCN(c2nc(-c3ccc(C#N)c(F)c3)c(-c3ccc(OC)c(O)c3)c3nccn23)CC1. The first-order valence-electron chi connectivity index (χ1n) is 11.4. The van der Waals surface area contributed by atoms with Crippen molar-refractivity contribution in [2.45, 2.75) is 18.9 Å². The van der Waals surface area contributed by atoms with E-state index in [1.807, 2.05) is 29.8 Å². The summed E-state index contributed by atoms with van der Waals surface area (Å²) in [5, 5.41) is 23.0. The van der Waals surface area contributed by atoms with Crippen LogP contribution in [0, 0.1) is 17.1 Å². The van der Waals surface area contributed by atoms with Crippen molar-refractivity contribution < 1.29 is 14.2 Å². The molecule has 8 nitrogen and oxygen atoms in total. The standard InChI is InChI=1S/C26H25FN6O2/c1-29-19-7-10-32(11-8-19)26-31-24(17-3-4-18(15-28)20(27)13-17)23(25-30-9-12-33(25)26)16-5-6-22(35-2)21(34)14-16/h3-6,9,12-14,19,29,34H,7-8,10-11H2,1-2H3. The van der Waals surface area contributed by atoms with Crippen LogP contribution in [0.1, 0.15) is 18.4 Å². The Balaban J connectivity index is 1.75. The summed E-state index contributed by atoms with van der Waals surface area (Å²) < 4.78 is 21.8. The molecule has 1 saturated heterocycles. The van der Waals surface area contributed by atoms with Gasteiger partial charge in [0, 0.05) is 37.1 Å². The minimum atomic E-state index is -0.616. The lowest BCUT2D eigenvalue weighted by atomic mass is 9.98. The molecule has 35 heavy (non-hydrogen) atoms. The van der Waals surface area contributed by atoms with Crippen LogP contribution in [0.15, 0.2) is 48.8 Å². The van der Waals surface area contributed by atoms with Crippen molar-refractivity contribution in [2.24, 2.45) is 0 Å². The van der Waals surface area contributed by atoms with Gasteiger partial charge in [-0.05, 0) is 49.7 Å². The average Bonchev–Trinajstić information content (AvgIpc) is 3.37. The second-order valence-electron chi connectivity index (χ2n) is 8.50. The molecule has 0 saturated carbocycles. The summed E-state index contributed by atoms with van der Waals surface area (Å²) in [5.41, 5.74) is 2.94. The maximum Gasteiger partial charge on any atom is 0.211 e. The highest BCUT2D eigenvalue weighted by molar-refractivity contribution is 5.91. The summed E-state index contributed by atoms with van der Waals surface area (Å²) in [4.78, 5) is 11.9. The van der Waals surface area contributed by atoms with Gasteiger partial charge in [0.15, 0.2) is 11.5 Å². The molecule has 1 aliphatic rings. The van der Waals surface area contributed by atoms with Gasteiger partial charge in [-0.2, -0.15) is 5.26 Å². The fourth-order valence-electron chi connectivity index (χ4n) is 4.63. The third-order valence-electron chi connectivity index (χ3n) is 6.54. The number of anilines is 1. The minimum absolute atomic E-state index is 0.0233. The van der Waals surface area contributed by atoms with Crippen molar-refractivity contribution >= 4 is 11.6 Å². The monoisotopic (exact) mass is 472 g/mol. The molecule has 4 aromatic rings. The highest BCUT2D eigenvalue weighted by atomic mass is 19.1. The van der Waals surface area contributed by atoms with E-state index in [-0.39, 0.29) is 11.3 Å². The molecule has 0 bridgehead atoms. The zero-order valence-electron chi connectivity index (χ0n) is 19.5. The quantitative estimate of drug-likeness (QED) is 0.453. The number of nitriles is 1. The minimum Gasteiger partial charge on any atom is -0.504 e. The number of aromatic nitrogens is 3.